The molecule has 0 radical (unpaired) electrons. The van der Waals surface area contributed by atoms with Crippen molar-refractivity contribution in [1.82, 2.24) is 10.2 Å². The van der Waals surface area contributed by atoms with E-state index in [-0.39, 0.29) is 6.61 Å². The number of nitrogens with zero attached hydrogens (tertiary/aromatic N) is 1. The molecule has 0 aromatic carbocycles. The van der Waals surface area contributed by atoms with Crippen molar-refractivity contribution >= 4 is 23.8 Å². The maximum Gasteiger partial charge on any atom is 0.331 e. The number of hydrogen-bond acceptors (Lipinski definition) is 5. The molecule has 1 aliphatic heterocycles. The summed E-state index contributed by atoms with van der Waals surface area (Å²) >= 11 is 0. The third kappa shape index (κ3) is 2.20. The smallest absolute Gasteiger partial charge is 0.331 e. The van der Waals surface area contributed by atoms with Gasteiger partial charge in [0.15, 0.2) is 0 Å². The topological polar surface area (TPSA) is 92.8 Å². The van der Waals surface area contributed by atoms with Crippen LogP contribution >= 0.6 is 0 Å². The molecular weight excluding hydrogens is 240 g/mol. The van der Waals surface area contributed by atoms with Gasteiger partial charge in [-0.15, -0.1) is 0 Å². The van der Waals surface area contributed by atoms with Gasteiger partial charge in [0, 0.05) is 0 Å². The van der Waals surface area contributed by atoms with Crippen LogP contribution in [0.1, 0.15) is 27.7 Å². The van der Waals surface area contributed by atoms with Gasteiger partial charge in [-0.1, -0.05) is 0 Å². The molecule has 4 amide bonds. The molecule has 7 heteroatoms. The van der Waals surface area contributed by atoms with Crippen LogP contribution in [0.5, 0.6) is 0 Å². The zero-order valence-electron chi connectivity index (χ0n) is 10.8. The van der Waals surface area contributed by atoms with E-state index < -0.39 is 35.3 Å². The number of hydrogen-bond donors (Lipinski definition) is 1. The number of ether oxygens (including phenoxy) is 1. The van der Waals surface area contributed by atoms with E-state index >= 15 is 0 Å². The Morgan fingerprint density at radius 1 is 1.39 bits per heavy atom. The van der Waals surface area contributed by atoms with E-state index in [1.54, 1.807) is 6.92 Å². The molecule has 1 unspecified atom stereocenters. The Labute approximate surface area is 104 Å². The molecule has 1 fully saturated rings. The minimum absolute atomic E-state index is 0.148. The number of amides is 4. The van der Waals surface area contributed by atoms with Gasteiger partial charge < -0.3 is 4.74 Å². The third-order valence-electron chi connectivity index (χ3n) is 2.78. The van der Waals surface area contributed by atoms with Crippen molar-refractivity contribution in [1.29, 1.82) is 0 Å². The number of carbonyl (C=O) groups is 4. The Bertz CT molecular complexity index is 416. The molecule has 1 N–H and O–H groups in total. The Hall–Kier alpha value is -1.92. The van der Waals surface area contributed by atoms with Crippen LogP contribution in [0, 0.1) is 5.41 Å². The van der Waals surface area contributed by atoms with Crippen LogP contribution in [0.2, 0.25) is 0 Å². The Morgan fingerprint density at radius 2 is 1.94 bits per heavy atom. The number of barbiturate groups is 1. The highest BCUT2D eigenvalue weighted by Gasteiger charge is 2.49. The third-order valence-corrected chi connectivity index (χ3v) is 2.78. The quantitative estimate of drug-likeness (QED) is 0.568. The molecule has 0 aromatic heterocycles. The summed E-state index contributed by atoms with van der Waals surface area (Å²) in [5.74, 6) is -2.08. The van der Waals surface area contributed by atoms with Crippen LogP contribution in [0.4, 0.5) is 4.79 Å². The molecular formula is C11H16N2O5. The lowest BCUT2D eigenvalue weighted by Crippen LogP contribution is -2.65. The summed E-state index contributed by atoms with van der Waals surface area (Å²) in [6, 6.07) is -1.96. The van der Waals surface area contributed by atoms with Gasteiger partial charge in [-0.05, 0) is 27.7 Å². The number of nitrogens with one attached hydrogen (secondary N) is 1. The van der Waals surface area contributed by atoms with E-state index in [0.717, 1.165) is 4.90 Å². The largest absolute Gasteiger partial charge is 0.464 e. The van der Waals surface area contributed by atoms with Gasteiger partial charge >= 0.3 is 12.0 Å². The van der Waals surface area contributed by atoms with Crippen LogP contribution in [-0.2, 0) is 19.1 Å². The first-order valence-electron chi connectivity index (χ1n) is 5.59. The summed E-state index contributed by atoms with van der Waals surface area (Å²) in [6.07, 6.45) is 0. The van der Waals surface area contributed by atoms with Crippen LogP contribution in [-0.4, -0.2) is 41.4 Å². The van der Waals surface area contributed by atoms with Gasteiger partial charge in [0.05, 0.1) is 6.61 Å². The maximum absolute atomic E-state index is 12.1. The molecule has 0 aromatic rings. The summed E-state index contributed by atoms with van der Waals surface area (Å²) in [5.41, 5.74) is -1.38. The summed E-state index contributed by atoms with van der Waals surface area (Å²) in [6.45, 7) is 5.93. The zero-order chi connectivity index (χ0) is 14.1. The molecule has 0 aliphatic carbocycles. The average molecular weight is 256 g/mol. The van der Waals surface area contributed by atoms with E-state index in [1.807, 2.05) is 5.32 Å². The number of imide groups is 2. The van der Waals surface area contributed by atoms with Crippen molar-refractivity contribution in [2.24, 2.45) is 5.41 Å². The molecule has 1 aliphatic rings. The summed E-state index contributed by atoms with van der Waals surface area (Å²) < 4.78 is 4.75. The predicted octanol–water partition coefficient (Wildman–Crippen LogP) is 0.0426. The maximum atomic E-state index is 12.1. The molecule has 18 heavy (non-hydrogen) atoms. The van der Waals surface area contributed by atoms with Gasteiger partial charge in [0.25, 0.3) is 0 Å². The van der Waals surface area contributed by atoms with Crippen LogP contribution < -0.4 is 5.32 Å². The van der Waals surface area contributed by atoms with Crippen molar-refractivity contribution in [2.45, 2.75) is 33.7 Å². The van der Waals surface area contributed by atoms with Crippen LogP contribution in [0.3, 0.4) is 0 Å². The minimum Gasteiger partial charge on any atom is -0.464 e. The van der Waals surface area contributed by atoms with Crippen LogP contribution in [0.25, 0.3) is 0 Å². The molecule has 1 atom stereocenters. The van der Waals surface area contributed by atoms with E-state index in [4.69, 9.17) is 4.74 Å². The average Bonchev–Trinajstić information content (AvgIpc) is 2.27. The molecule has 1 saturated heterocycles. The molecule has 100 valence electrons. The van der Waals surface area contributed by atoms with Crippen molar-refractivity contribution < 1.29 is 23.9 Å². The fourth-order valence-electron chi connectivity index (χ4n) is 1.52. The first-order chi connectivity index (χ1) is 8.23. The van der Waals surface area contributed by atoms with E-state index in [0.29, 0.717) is 0 Å². The van der Waals surface area contributed by atoms with Crippen molar-refractivity contribution in [2.75, 3.05) is 6.61 Å². The van der Waals surface area contributed by atoms with E-state index in [9.17, 15) is 19.2 Å². The second-order valence-corrected chi connectivity index (χ2v) is 4.49. The monoisotopic (exact) mass is 256 g/mol. The number of carbonyl (C=O) groups excluding carboxylic acids is 4. The number of urea groups is 1. The van der Waals surface area contributed by atoms with Gasteiger partial charge in [-0.25, -0.2) is 14.5 Å². The Balaban J connectivity index is 3.01. The van der Waals surface area contributed by atoms with E-state index in [1.165, 1.54) is 20.8 Å². The van der Waals surface area contributed by atoms with Gasteiger partial charge in [0.2, 0.25) is 11.8 Å². The summed E-state index contributed by atoms with van der Waals surface area (Å²) in [4.78, 5) is 47.4. The minimum atomic E-state index is -1.38. The molecule has 7 nitrogen and oxygen atoms in total. The van der Waals surface area contributed by atoms with Crippen molar-refractivity contribution in [3.8, 4) is 0 Å². The molecule has 0 bridgehead atoms. The molecule has 0 saturated carbocycles. The van der Waals surface area contributed by atoms with E-state index in [2.05, 4.69) is 0 Å². The zero-order valence-corrected chi connectivity index (χ0v) is 10.8. The van der Waals surface area contributed by atoms with Gasteiger partial charge in [-0.2, -0.15) is 0 Å². The van der Waals surface area contributed by atoms with Gasteiger partial charge in [-0.3, -0.25) is 14.9 Å². The highest BCUT2D eigenvalue weighted by molar-refractivity contribution is 6.19. The standard InChI is InChI=1S/C11H16N2O5/c1-5-18-7(14)6(2)13-9(16)11(3,4)8(15)12-10(13)17/h6H,5H2,1-4H3,(H,12,15,17). The Kier molecular flexibility index (Phi) is 3.73. The lowest BCUT2D eigenvalue weighted by Gasteiger charge is -2.36. The second-order valence-electron chi connectivity index (χ2n) is 4.49. The fraction of sp³-hybridized carbons (Fsp3) is 0.636. The number of esters is 1. The predicted molar refractivity (Wildman–Crippen MR) is 60.3 cm³/mol. The second kappa shape index (κ2) is 4.75. The molecule has 1 rings (SSSR count). The van der Waals surface area contributed by atoms with Crippen molar-refractivity contribution in [3.63, 3.8) is 0 Å². The molecule has 1 heterocycles. The van der Waals surface area contributed by atoms with Gasteiger partial charge in [0.1, 0.15) is 11.5 Å². The lowest BCUT2D eigenvalue weighted by molar-refractivity contribution is -0.159. The van der Waals surface area contributed by atoms with Crippen molar-refractivity contribution in [3.05, 3.63) is 0 Å². The molecule has 0 spiro atoms. The first-order valence-corrected chi connectivity index (χ1v) is 5.59. The summed E-state index contributed by atoms with van der Waals surface area (Å²) in [5, 5.41) is 2.05. The highest BCUT2D eigenvalue weighted by atomic mass is 16.5. The first kappa shape index (κ1) is 14.1. The summed E-state index contributed by atoms with van der Waals surface area (Å²) in [7, 11) is 0. The fourth-order valence-corrected chi connectivity index (χ4v) is 1.52. The normalized spacial score (nSPS) is 20.4. The Morgan fingerprint density at radius 3 is 2.44 bits per heavy atom. The number of rotatable bonds is 3. The lowest BCUT2D eigenvalue weighted by atomic mass is 9.88. The van der Waals surface area contributed by atoms with Crippen LogP contribution in [0.15, 0.2) is 0 Å². The highest BCUT2D eigenvalue weighted by Crippen LogP contribution is 2.25. The SMILES string of the molecule is CCOC(=O)C(C)N1C(=O)NC(=O)C(C)(C)C1=O.